The highest BCUT2D eigenvalue weighted by atomic mass is 79.9. The molecule has 7 heteroatoms. The number of hydrogen-bond donors (Lipinski definition) is 0. The predicted octanol–water partition coefficient (Wildman–Crippen LogP) is 6.32. The van der Waals surface area contributed by atoms with Gasteiger partial charge in [0.1, 0.15) is 0 Å². The first-order chi connectivity index (χ1) is 17.5. The van der Waals surface area contributed by atoms with Crippen molar-refractivity contribution in [2.24, 2.45) is 0 Å². The van der Waals surface area contributed by atoms with Crippen LogP contribution >= 0.6 is 15.9 Å². The van der Waals surface area contributed by atoms with Gasteiger partial charge in [0.2, 0.25) is 0 Å². The molecular formula is C29H37BrO6. The Labute approximate surface area is 222 Å². The molecule has 0 aromatic heterocycles. The molecule has 0 aliphatic heterocycles. The molecule has 2 aromatic rings. The van der Waals surface area contributed by atoms with E-state index >= 15 is 0 Å². The zero-order valence-electron chi connectivity index (χ0n) is 21.3. The molecule has 196 valence electrons. The standard InChI is InChI=1S/C29H37BrO6/c1-3-34-28(32)25-16-12-15-24(21-25)27(31)23-14-11-13-22(19-23)20-26(29(33)35-4-2)36-18-10-8-6-5-7-9-17-30/h11-16,19,21,26H,3-10,17-18,20H2,1-2H3. The van der Waals surface area contributed by atoms with Crippen LogP contribution in [-0.4, -0.2) is 49.0 Å². The molecule has 0 aliphatic rings. The normalized spacial score (nSPS) is 11.6. The summed E-state index contributed by atoms with van der Waals surface area (Å²) in [6, 6.07) is 13.6. The summed E-state index contributed by atoms with van der Waals surface area (Å²) >= 11 is 3.45. The van der Waals surface area contributed by atoms with Crippen LogP contribution in [0.15, 0.2) is 48.5 Å². The number of ether oxygens (including phenoxy) is 3. The van der Waals surface area contributed by atoms with Crippen molar-refractivity contribution in [3.8, 4) is 0 Å². The van der Waals surface area contributed by atoms with E-state index in [4.69, 9.17) is 14.2 Å². The highest BCUT2D eigenvalue weighted by Gasteiger charge is 2.22. The largest absolute Gasteiger partial charge is 0.464 e. The van der Waals surface area contributed by atoms with Gasteiger partial charge < -0.3 is 14.2 Å². The fraction of sp³-hybridized carbons (Fsp3) is 0.483. The van der Waals surface area contributed by atoms with Gasteiger partial charge in [-0.05, 0) is 50.5 Å². The second-order valence-corrected chi connectivity index (χ2v) is 9.25. The Hall–Kier alpha value is -2.51. The van der Waals surface area contributed by atoms with Gasteiger partial charge in [0.05, 0.1) is 18.8 Å². The Morgan fingerprint density at radius 3 is 2.08 bits per heavy atom. The third-order valence-corrected chi connectivity index (χ3v) is 6.20. The molecule has 36 heavy (non-hydrogen) atoms. The lowest BCUT2D eigenvalue weighted by Crippen LogP contribution is -2.29. The van der Waals surface area contributed by atoms with Gasteiger partial charge in [-0.25, -0.2) is 9.59 Å². The van der Waals surface area contributed by atoms with Crippen LogP contribution in [0, 0.1) is 0 Å². The maximum atomic E-state index is 13.1. The monoisotopic (exact) mass is 560 g/mol. The van der Waals surface area contributed by atoms with Gasteiger partial charge in [0.25, 0.3) is 0 Å². The minimum absolute atomic E-state index is 0.212. The first kappa shape index (κ1) is 29.7. The predicted molar refractivity (Wildman–Crippen MR) is 144 cm³/mol. The number of carbonyl (C=O) groups excluding carboxylic acids is 3. The number of hydrogen-bond acceptors (Lipinski definition) is 6. The highest BCUT2D eigenvalue weighted by Crippen LogP contribution is 2.17. The van der Waals surface area contributed by atoms with Crippen LogP contribution in [-0.2, 0) is 25.4 Å². The fourth-order valence-electron chi connectivity index (χ4n) is 3.80. The third-order valence-electron chi connectivity index (χ3n) is 5.64. The number of esters is 2. The number of alkyl halides is 1. The van der Waals surface area contributed by atoms with Crippen LogP contribution in [0.1, 0.15) is 84.2 Å². The SMILES string of the molecule is CCOC(=O)c1cccc(C(=O)c2cccc(CC(OCCCCCCCCBr)C(=O)OCC)c2)c1. The van der Waals surface area contributed by atoms with Crippen LogP contribution in [0.4, 0.5) is 0 Å². The molecule has 1 unspecified atom stereocenters. The summed E-state index contributed by atoms with van der Waals surface area (Å²) in [7, 11) is 0. The molecule has 0 fully saturated rings. The number of unbranched alkanes of at least 4 members (excludes halogenated alkanes) is 5. The maximum Gasteiger partial charge on any atom is 0.338 e. The molecule has 1 atom stereocenters. The minimum atomic E-state index is -0.726. The molecule has 2 rings (SSSR count). The molecule has 0 saturated heterocycles. The molecule has 6 nitrogen and oxygen atoms in total. The van der Waals surface area contributed by atoms with Crippen LogP contribution in [0.25, 0.3) is 0 Å². The van der Waals surface area contributed by atoms with Crippen molar-refractivity contribution in [2.45, 2.75) is 64.9 Å². The van der Waals surface area contributed by atoms with E-state index in [1.807, 2.05) is 6.07 Å². The van der Waals surface area contributed by atoms with Gasteiger partial charge in [-0.3, -0.25) is 4.79 Å². The van der Waals surface area contributed by atoms with Crippen molar-refractivity contribution in [1.82, 2.24) is 0 Å². The van der Waals surface area contributed by atoms with Gasteiger partial charge in [-0.15, -0.1) is 0 Å². The van der Waals surface area contributed by atoms with Gasteiger partial charge in [0, 0.05) is 29.5 Å². The summed E-state index contributed by atoms with van der Waals surface area (Å²) in [5.41, 5.74) is 2.00. The number of halogens is 1. The molecule has 0 saturated carbocycles. The average Bonchev–Trinajstić information content (AvgIpc) is 2.89. The Balaban J connectivity index is 2.03. The summed E-state index contributed by atoms with van der Waals surface area (Å²) in [6.45, 7) is 4.54. The average molecular weight is 562 g/mol. The van der Waals surface area contributed by atoms with E-state index in [2.05, 4.69) is 15.9 Å². The van der Waals surface area contributed by atoms with E-state index in [0.29, 0.717) is 29.7 Å². The molecule has 2 aromatic carbocycles. The van der Waals surface area contributed by atoms with Gasteiger partial charge in [-0.2, -0.15) is 0 Å². The van der Waals surface area contributed by atoms with E-state index in [1.54, 1.807) is 50.2 Å². The van der Waals surface area contributed by atoms with E-state index < -0.39 is 18.0 Å². The van der Waals surface area contributed by atoms with E-state index in [1.165, 1.54) is 25.3 Å². The van der Waals surface area contributed by atoms with Crippen molar-refractivity contribution in [1.29, 1.82) is 0 Å². The van der Waals surface area contributed by atoms with Gasteiger partial charge in [0.15, 0.2) is 11.9 Å². The minimum Gasteiger partial charge on any atom is -0.464 e. The quantitative estimate of drug-likeness (QED) is 0.0974. The summed E-state index contributed by atoms with van der Waals surface area (Å²) in [6.07, 6.45) is 6.31. The van der Waals surface area contributed by atoms with Crippen LogP contribution in [0.3, 0.4) is 0 Å². The van der Waals surface area contributed by atoms with Crippen LogP contribution in [0.2, 0.25) is 0 Å². The Bertz CT molecular complexity index is 974. The Kier molecular flexibility index (Phi) is 14.1. The summed E-state index contributed by atoms with van der Waals surface area (Å²) in [4.78, 5) is 37.7. The molecule has 0 spiro atoms. The zero-order chi connectivity index (χ0) is 26.2. The molecular weight excluding hydrogens is 524 g/mol. The van der Waals surface area contributed by atoms with E-state index in [-0.39, 0.29) is 19.0 Å². The number of rotatable bonds is 17. The molecule has 0 bridgehead atoms. The molecule has 0 radical (unpaired) electrons. The maximum absolute atomic E-state index is 13.1. The van der Waals surface area contributed by atoms with Crippen LogP contribution in [0.5, 0.6) is 0 Å². The lowest BCUT2D eigenvalue weighted by Gasteiger charge is -2.17. The lowest BCUT2D eigenvalue weighted by atomic mass is 9.98. The lowest BCUT2D eigenvalue weighted by molar-refractivity contribution is -0.156. The summed E-state index contributed by atoms with van der Waals surface area (Å²) < 4.78 is 16.2. The number of benzene rings is 2. The summed E-state index contributed by atoms with van der Waals surface area (Å²) in [5.74, 6) is -1.07. The van der Waals surface area contributed by atoms with Crippen molar-refractivity contribution in [2.75, 3.05) is 25.2 Å². The summed E-state index contributed by atoms with van der Waals surface area (Å²) in [5, 5.41) is 1.05. The second-order valence-electron chi connectivity index (χ2n) is 8.46. The fourth-order valence-corrected chi connectivity index (χ4v) is 4.19. The molecule has 0 N–H and O–H groups in total. The zero-order valence-corrected chi connectivity index (χ0v) is 22.9. The smallest absolute Gasteiger partial charge is 0.338 e. The van der Waals surface area contributed by atoms with Crippen molar-refractivity contribution >= 4 is 33.7 Å². The Morgan fingerprint density at radius 2 is 1.39 bits per heavy atom. The second kappa shape index (κ2) is 17.0. The molecule has 0 aliphatic carbocycles. The first-order valence-corrected chi connectivity index (χ1v) is 13.9. The van der Waals surface area contributed by atoms with Crippen LogP contribution < -0.4 is 0 Å². The molecule has 0 heterocycles. The van der Waals surface area contributed by atoms with Crippen molar-refractivity contribution < 1.29 is 28.6 Å². The first-order valence-electron chi connectivity index (χ1n) is 12.7. The van der Waals surface area contributed by atoms with Crippen molar-refractivity contribution in [3.05, 3.63) is 70.8 Å². The Morgan fingerprint density at radius 1 is 0.778 bits per heavy atom. The van der Waals surface area contributed by atoms with Crippen molar-refractivity contribution in [3.63, 3.8) is 0 Å². The van der Waals surface area contributed by atoms with Gasteiger partial charge in [-0.1, -0.05) is 71.9 Å². The van der Waals surface area contributed by atoms with E-state index in [9.17, 15) is 14.4 Å². The molecule has 0 amide bonds. The van der Waals surface area contributed by atoms with E-state index in [0.717, 1.165) is 30.2 Å². The topological polar surface area (TPSA) is 78.9 Å². The van der Waals surface area contributed by atoms with Gasteiger partial charge >= 0.3 is 11.9 Å². The third kappa shape index (κ3) is 10.2. The number of ketones is 1. The number of carbonyl (C=O) groups is 3. The highest BCUT2D eigenvalue weighted by molar-refractivity contribution is 9.09.